The zero-order chi connectivity index (χ0) is 22.4. The van der Waals surface area contributed by atoms with Crippen LogP contribution in [0.2, 0.25) is 0 Å². The van der Waals surface area contributed by atoms with Crippen molar-refractivity contribution in [2.45, 2.75) is 5.92 Å². The summed E-state index contributed by atoms with van der Waals surface area (Å²) in [5.74, 6) is -0.943. The molecule has 5 rings (SSSR count). The minimum Gasteiger partial charge on any atom is -0.508 e. The van der Waals surface area contributed by atoms with Crippen LogP contribution in [0.3, 0.4) is 0 Å². The van der Waals surface area contributed by atoms with Crippen LogP contribution in [0.15, 0.2) is 91.2 Å². The monoisotopic (exact) mass is 426 g/mol. The molecule has 2 heterocycles. The van der Waals surface area contributed by atoms with Gasteiger partial charge in [-0.3, -0.25) is 0 Å². The summed E-state index contributed by atoms with van der Waals surface area (Å²) in [6, 6.07) is 19.9. The number of hydrogen-bond donors (Lipinski definition) is 3. The van der Waals surface area contributed by atoms with Crippen LogP contribution in [0.4, 0.5) is 11.4 Å². The van der Waals surface area contributed by atoms with Gasteiger partial charge < -0.3 is 25.4 Å². The zero-order valence-electron chi connectivity index (χ0n) is 16.7. The second-order valence-corrected chi connectivity index (χ2v) is 7.45. The van der Waals surface area contributed by atoms with E-state index in [1.165, 1.54) is 12.1 Å². The Morgan fingerprint density at radius 3 is 1.56 bits per heavy atom. The maximum atomic E-state index is 13.1. The molecule has 5 aromatic rings. The Bertz CT molecular complexity index is 1500. The summed E-state index contributed by atoms with van der Waals surface area (Å²) >= 11 is 0. The Labute approximate surface area is 181 Å². The van der Waals surface area contributed by atoms with E-state index in [0.29, 0.717) is 27.5 Å². The van der Waals surface area contributed by atoms with Gasteiger partial charge in [-0.25, -0.2) is 9.59 Å². The molecule has 158 valence electrons. The topological polar surface area (TPSA) is 133 Å². The Kier molecular flexibility index (Phi) is 4.44. The maximum Gasteiger partial charge on any atom is 0.342 e. The number of nitrogen functional groups attached to an aromatic ring is 2. The molecule has 2 aromatic heterocycles. The fraction of sp³-hybridized carbons (Fsp3) is 0.0400. The minimum absolute atomic E-state index is 0.0320. The van der Waals surface area contributed by atoms with E-state index >= 15 is 0 Å². The summed E-state index contributed by atoms with van der Waals surface area (Å²) in [5.41, 5.74) is 13.2. The van der Waals surface area contributed by atoms with Crippen LogP contribution in [-0.4, -0.2) is 5.11 Å². The minimum atomic E-state index is -0.975. The highest BCUT2D eigenvalue weighted by molar-refractivity contribution is 5.93. The number of phenolic OH excluding ortho intramolecular Hbond substituents is 1. The molecule has 7 nitrogen and oxygen atoms in total. The van der Waals surface area contributed by atoms with Crippen LogP contribution in [0.25, 0.3) is 21.9 Å². The molecule has 7 heteroatoms. The van der Waals surface area contributed by atoms with Crippen molar-refractivity contribution in [3.8, 4) is 5.75 Å². The molecule has 0 aliphatic heterocycles. The first-order valence-corrected chi connectivity index (χ1v) is 9.87. The molecule has 0 spiro atoms. The lowest BCUT2D eigenvalue weighted by atomic mass is 9.84. The predicted octanol–water partition coefficient (Wildman–Crippen LogP) is 3.95. The van der Waals surface area contributed by atoms with Gasteiger partial charge in [-0.15, -0.1) is 0 Å². The predicted molar refractivity (Wildman–Crippen MR) is 123 cm³/mol. The van der Waals surface area contributed by atoms with E-state index in [-0.39, 0.29) is 28.3 Å². The van der Waals surface area contributed by atoms with E-state index in [1.807, 2.05) is 0 Å². The fourth-order valence-electron chi connectivity index (χ4n) is 4.07. The van der Waals surface area contributed by atoms with E-state index in [9.17, 15) is 14.7 Å². The first-order chi connectivity index (χ1) is 15.5. The smallest absolute Gasteiger partial charge is 0.342 e. The highest BCUT2D eigenvalue weighted by atomic mass is 16.4. The number of fused-ring (bicyclic) bond motifs is 2. The van der Waals surface area contributed by atoms with E-state index in [2.05, 4.69) is 0 Å². The lowest BCUT2D eigenvalue weighted by Gasteiger charge is -2.21. The average molecular weight is 426 g/mol. The Morgan fingerprint density at radius 1 is 0.656 bits per heavy atom. The van der Waals surface area contributed by atoms with Crippen molar-refractivity contribution in [3.05, 3.63) is 110 Å². The average Bonchev–Trinajstić information content (AvgIpc) is 2.78. The lowest BCUT2D eigenvalue weighted by molar-refractivity contribution is 0.475. The molecule has 0 saturated heterocycles. The van der Waals surface area contributed by atoms with Crippen molar-refractivity contribution >= 4 is 33.3 Å². The molecule has 0 radical (unpaired) electrons. The van der Waals surface area contributed by atoms with Crippen molar-refractivity contribution in [3.63, 3.8) is 0 Å². The Morgan fingerprint density at radius 2 is 1.09 bits per heavy atom. The molecule has 0 aliphatic rings. The van der Waals surface area contributed by atoms with Gasteiger partial charge in [0.15, 0.2) is 0 Å². The van der Waals surface area contributed by atoms with Crippen LogP contribution in [-0.2, 0) is 0 Å². The zero-order valence-corrected chi connectivity index (χ0v) is 16.7. The number of aromatic hydroxyl groups is 1. The Balaban J connectivity index is 1.91. The second-order valence-electron chi connectivity index (χ2n) is 7.45. The first kappa shape index (κ1) is 19.4. The van der Waals surface area contributed by atoms with Crippen LogP contribution < -0.4 is 22.7 Å². The van der Waals surface area contributed by atoms with Gasteiger partial charge in [0, 0.05) is 10.8 Å². The highest BCUT2D eigenvalue weighted by Gasteiger charge is 2.30. The summed E-state index contributed by atoms with van der Waals surface area (Å²) in [7, 11) is 0. The third-order valence-electron chi connectivity index (χ3n) is 5.58. The van der Waals surface area contributed by atoms with E-state index < -0.39 is 17.2 Å². The van der Waals surface area contributed by atoms with Gasteiger partial charge >= 0.3 is 11.3 Å². The van der Waals surface area contributed by atoms with Gasteiger partial charge in [-0.1, -0.05) is 36.4 Å². The number of rotatable bonds is 3. The number of hydrogen-bond acceptors (Lipinski definition) is 7. The van der Waals surface area contributed by atoms with Gasteiger partial charge in [0.25, 0.3) is 0 Å². The molecule has 5 N–H and O–H groups in total. The second kappa shape index (κ2) is 7.31. The van der Waals surface area contributed by atoms with Gasteiger partial charge in [-0.05, 0) is 42.0 Å². The van der Waals surface area contributed by atoms with Gasteiger partial charge in [0.2, 0.25) is 0 Å². The van der Waals surface area contributed by atoms with Crippen molar-refractivity contribution in [1.82, 2.24) is 0 Å². The first-order valence-electron chi connectivity index (χ1n) is 9.87. The highest BCUT2D eigenvalue weighted by Crippen LogP contribution is 2.39. The molecule has 0 fully saturated rings. The van der Waals surface area contributed by atoms with Crippen LogP contribution in [0, 0.1) is 0 Å². The molecule has 0 atom stereocenters. The summed E-state index contributed by atoms with van der Waals surface area (Å²) in [5, 5.41) is 10.8. The van der Waals surface area contributed by atoms with Gasteiger partial charge in [0.1, 0.15) is 16.9 Å². The third kappa shape index (κ3) is 2.99. The third-order valence-corrected chi connectivity index (χ3v) is 5.58. The molecule has 0 bridgehead atoms. The summed E-state index contributed by atoms with van der Waals surface area (Å²) in [6.07, 6.45) is 0. The molecule has 32 heavy (non-hydrogen) atoms. The lowest BCUT2D eigenvalue weighted by Crippen LogP contribution is -2.24. The number of phenols is 1. The molecule has 0 unspecified atom stereocenters. The fourth-order valence-corrected chi connectivity index (χ4v) is 4.07. The SMILES string of the molecule is Nc1c(C(c2ccc(O)cc2)c2c(N)c3ccccc3oc2=O)c(=O)oc2ccccc12. The van der Waals surface area contributed by atoms with Crippen molar-refractivity contribution in [2.24, 2.45) is 0 Å². The summed E-state index contributed by atoms with van der Waals surface area (Å²) < 4.78 is 11.1. The molecule has 0 saturated carbocycles. The molecule has 0 aliphatic carbocycles. The van der Waals surface area contributed by atoms with E-state index in [0.717, 1.165) is 0 Å². The van der Waals surface area contributed by atoms with Crippen LogP contribution >= 0.6 is 0 Å². The quantitative estimate of drug-likeness (QED) is 0.372. The number of benzene rings is 3. The van der Waals surface area contributed by atoms with Gasteiger partial charge in [0.05, 0.1) is 28.4 Å². The number of para-hydroxylation sites is 2. The van der Waals surface area contributed by atoms with E-state index in [1.54, 1.807) is 60.7 Å². The Hall–Kier alpha value is -4.52. The largest absolute Gasteiger partial charge is 0.508 e. The summed E-state index contributed by atoms with van der Waals surface area (Å²) in [6.45, 7) is 0. The number of nitrogens with two attached hydrogens (primary N) is 2. The van der Waals surface area contributed by atoms with Crippen LogP contribution in [0.1, 0.15) is 22.6 Å². The van der Waals surface area contributed by atoms with Crippen molar-refractivity contribution < 1.29 is 13.9 Å². The van der Waals surface area contributed by atoms with Crippen molar-refractivity contribution in [2.75, 3.05) is 11.5 Å². The molecular weight excluding hydrogens is 408 g/mol. The van der Waals surface area contributed by atoms with Crippen LogP contribution in [0.5, 0.6) is 5.75 Å². The standard InChI is InChI=1S/C25H18N2O5/c26-22-15-5-1-3-7-17(15)31-24(29)20(22)19(13-9-11-14(28)12-10-13)21-23(27)16-6-2-4-8-18(16)32-25(21)30/h1-12,19,28H,26-27H2. The summed E-state index contributed by atoms with van der Waals surface area (Å²) in [4.78, 5) is 26.3. The molecule has 3 aromatic carbocycles. The van der Waals surface area contributed by atoms with E-state index in [4.69, 9.17) is 20.3 Å². The number of anilines is 2. The maximum absolute atomic E-state index is 13.1. The van der Waals surface area contributed by atoms with Gasteiger partial charge in [-0.2, -0.15) is 0 Å². The molecular formula is C25H18N2O5. The molecule has 0 amide bonds. The normalized spacial score (nSPS) is 11.4. The van der Waals surface area contributed by atoms with Crippen molar-refractivity contribution in [1.29, 1.82) is 0 Å².